The minimum absolute atomic E-state index is 0.299. The number of rotatable bonds is 1. The van der Waals surface area contributed by atoms with Crippen LogP contribution in [-0.4, -0.2) is 45.0 Å². The van der Waals surface area contributed by atoms with E-state index in [4.69, 9.17) is 15.7 Å². The normalized spacial score (nSPS) is 27.6. The van der Waals surface area contributed by atoms with E-state index in [1.54, 1.807) is 0 Å². The molecule has 2 atom stereocenters. The minimum atomic E-state index is -2.17. The molecule has 0 N–H and O–H groups in total. The van der Waals surface area contributed by atoms with Crippen LogP contribution >= 0.6 is 0 Å². The summed E-state index contributed by atoms with van der Waals surface area (Å²) in [6.07, 6.45) is 0. The molecule has 0 bridgehead atoms. The van der Waals surface area contributed by atoms with Crippen molar-refractivity contribution in [3.63, 3.8) is 0 Å². The summed E-state index contributed by atoms with van der Waals surface area (Å²) >= 11 is 0. The van der Waals surface area contributed by atoms with Crippen molar-refractivity contribution in [2.75, 3.05) is 0 Å². The zero-order valence-corrected chi connectivity index (χ0v) is 9.58. The average molecular weight is 276 g/mol. The fraction of sp³-hybridized carbons (Fsp3) is 0.200. The minimum Gasteiger partial charge on any atom is -0.286 e. The van der Waals surface area contributed by atoms with Crippen molar-refractivity contribution in [1.29, 1.82) is 0 Å². The van der Waals surface area contributed by atoms with Crippen LogP contribution in [0.1, 0.15) is 20.7 Å². The molecule has 95 valence electrons. The molecule has 0 aliphatic carbocycles. The molecule has 0 spiro atoms. The third kappa shape index (κ3) is 1.34. The molecule has 1 saturated heterocycles. The van der Waals surface area contributed by atoms with E-state index in [0.29, 0.717) is 4.90 Å². The number of carbonyl (C=O) groups is 2. The van der Waals surface area contributed by atoms with E-state index in [1.807, 2.05) is 0 Å². The summed E-state index contributed by atoms with van der Waals surface area (Å²) in [6.45, 7) is 0. The van der Waals surface area contributed by atoms with Gasteiger partial charge in [0.05, 0.1) is 26.8 Å². The summed E-state index contributed by atoms with van der Waals surface area (Å²) in [5, 5.41) is -1.71. The Bertz CT molecular complexity index is 651. The largest absolute Gasteiger partial charge is 0.286 e. The van der Waals surface area contributed by atoms with Gasteiger partial charge in [-0.05, 0) is 5.34 Å². The van der Waals surface area contributed by atoms with Crippen LogP contribution in [0.2, 0.25) is 5.72 Å². The Morgan fingerprint density at radius 1 is 0.950 bits per heavy atom. The maximum atomic E-state index is 13.6. The summed E-state index contributed by atoms with van der Waals surface area (Å²) in [4.78, 5) is 24.2. The van der Waals surface area contributed by atoms with Crippen LogP contribution < -0.4 is 0 Å². The lowest BCUT2D eigenvalue weighted by Crippen LogP contribution is -2.44. The third-order valence-corrected chi connectivity index (χ3v) is 3.36. The van der Waals surface area contributed by atoms with Crippen molar-refractivity contribution in [2.24, 2.45) is 0 Å². The lowest BCUT2D eigenvalue weighted by Gasteiger charge is -2.24. The molecular weight excluding hydrogens is 275 g/mol. The Labute approximate surface area is 113 Å². The molecular formula is C10HB3F4NO2. The van der Waals surface area contributed by atoms with E-state index in [0.717, 1.165) is 0 Å². The Morgan fingerprint density at radius 3 is 1.60 bits per heavy atom. The Balaban J connectivity index is 2.25. The number of imide groups is 1. The highest BCUT2D eigenvalue weighted by Crippen LogP contribution is 2.44. The summed E-state index contributed by atoms with van der Waals surface area (Å²) < 4.78 is 53.4. The molecule has 2 amide bonds. The Hall–Kier alpha value is -1.73. The van der Waals surface area contributed by atoms with Crippen molar-refractivity contribution < 1.29 is 27.2 Å². The first-order chi connectivity index (χ1) is 9.21. The highest BCUT2D eigenvalue weighted by molar-refractivity contribution is 6.79. The quantitative estimate of drug-likeness (QED) is 0.243. The fourth-order valence-electron chi connectivity index (χ4n) is 2.16. The summed E-state index contributed by atoms with van der Waals surface area (Å²) in [7, 11) is 12.2. The van der Waals surface area contributed by atoms with Gasteiger partial charge in [0.2, 0.25) is 0 Å². The molecule has 5 radical (unpaired) electrons. The van der Waals surface area contributed by atoms with Crippen molar-refractivity contribution in [2.45, 2.75) is 11.1 Å². The van der Waals surface area contributed by atoms with Crippen LogP contribution in [0.25, 0.3) is 0 Å². The first-order valence-corrected chi connectivity index (χ1v) is 5.37. The molecule has 1 fully saturated rings. The maximum Gasteiger partial charge on any atom is 0.263 e. The second-order valence-electron chi connectivity index (χ2n) is 4.53. The number of nitrogens with zero attached hydrogens (tertiary/aromatic N) is 1. The Morgan fingerprint density at radius 2 is 1.30 bits per heavy atom. The number of hydrogen-bond donors (Lipinski definition) is 0. The molecule has 2 heterocycles. The average Bonchev–Trinajstić information content (AvgIpc) is 2.87. The summed E-state index contributed by atoms with van der Waals surface area (Å²) in [5.41, 5.74) is -3.24. The first-order valence-electron chi connectivity index (χ1n) is 5.37. The van der Waals surface area contributed by atoms with Crippen LogP contribution in [0.5, 0.6) is 0 Å². The van der Waals surface area contributed by atoms with Crippen LogP contribution in [-0.2, 0) is 0 Å². The molecule has 1 aromatic rings. The molecule has 1 aromatic carbocycles. The van der Waals surface area contributed by atoms with E-state index in [1.165, 1.54) is 7.28 Å². The van der Waals surface area contributed by atoms with Gasteiger partial charge in [0.1, 0.15) is 7.28 Å². The van der Waals surface area contributed by atoms with Crippen molar-refractivity contribution >= 4 is 34.8 Å². The molecule has 3 nitrogen and oxygen atoms in total. The van der Waals surface area contributed by atoms with Gasteiger partial charge in [-0.3, -0.25) is 14.5 Å². The number of fused-ring (bicyclic) bond motifs is 1. The van der Waals surface area contributed by atoms with Gasteiger partial charge in [-0.1, -0.05) is 5.72 Å². The number of halogens is 4. The topological polar surface area (TPSA) is 37.4 Å². The molecule has 10 heteroatoms. The van der Waals surface area contributed by atoms with E-state index in [-0.39, 0.29) is 0 Å². The second-order valence-corrected chi connectivity index (χ2v) is 4.53. The molecule has 0 saturated carbocycles. The predicted octanol–water partition coefficient (Wildman–Crippen LogP) is 0.294. The number of amides is 2. The van der Waals surface area contributed by atoms with E-state index < -0.39 is 57.3 Å². The second kappa shape index (κ2) is 3.68. The van der Waals surface area contributed by atoms with Gasteiger partial charge in [-0.2, -0.15) is 0 Å². The lowest BCUT2D eigenvalue weighted by atomic mass is 9.77. The van der Waals surface area contributed by atoms with Gasteiger partial charge in [-0.25, -0.2) is 17.6 Å². The molecule has 2 aliphatic rings. The zero-order valence-electron chi connectivity index (χ0n) is 9.58. The molecule has 20 heavy (non-hydrogen) atoms. The van der Waals surface area contributed by atoms with E-state index in [9.17, 15) is 27.2 Å². The predicted molar refractivity (Wildman–Crippen MR) is 60.5 cm³/mol. The van der Waals surface area contributed by atoms with Crippen molar-refractivity contribution in [3.05, 3.63) is 34.4 Å². The van der Waals surface area contributed by atoms with Crippen LogP contribution in [0, 0.1) is 23.3 Å². The van der Waals surface area contributed by atoms with E-state index in [2.05, 4.69) is 0 Å². The van der Waals surface area contributed by atoms with Gasteiger partial charge in [0, 0.05) is 0 Å². The highest BCUT2D eigenvalue weighted by atomic mass is 19.2. The first kappa shape index (κ1) is 13.3. The SMILES string of the molecule is [B]C1[B]C1([B])N1C(=O)c2c(F)c(F)c(F)c(F)c2C1=O. The lowest BCUT2D eigenvalue weighted by molar-refractivity contribution is 0.0631. The Kier molecular flexibility index (Phi) is 2.44. The van der Waals surface area contributed by atoms with E-state index >= 15 is 0 Å². The number of carbonyl (C=O) groups excluding carboxylic acids is 2. The highest BCUT2D eigenvalue weighted by Gasteiger charge is 2.59. The standard InChI is InChI=1S/C10HB3F4NO2/c11-9-10(12,13-9)18-7(19)1-2(8(18)20)4(15)6(17)5(16)3(1)14/h9H. The monoisotopic (exact) mass is 276 g/mol. The number of hydrogen-bond acceptors (Lipinski definition) is 2. The number of benzene rings is 1. The van der Waals surface area contributed by atoms with Crippen LogP contribution in [0.15, 0.2) is 0 Å². The molecule has 0 aromatic heterocycles. The van der Waals surface area contributed by atoms with Gasteiger partial charge in [-0.15, -0.1) is 0 Å². The van der Waals surface area contributed by atoms with Gasteiger partial charge >= 0.3 is 0 Å². The molecule has 2 aliphatic heterocycles. The van der Waals surface area contributed by atoms with Crippen LogP contribution in [0.3, 0.4) is 0 Å². The van der Waals surface area contributed by atoms with Crippen molar-refractivity contribution in [3.8, 4) is 0 Å². The molecule has 3 rings (SSSR count). The molecule has 2 unspecified atom stereocenters. The third-order valence-electron chi connectivity index (χ3n) is 3.36. The van der Waals surface area contributed by atoms with Gasteiger partial charge in [0.15, 0.2) is 23.3 Å². The fourth-order valence-corrected chi connectivity index (χ4v) is 2.16. The maximum absolute atomic E-state index is 13.6. The van der Waals surface area contributed by atoms with Crippen LogP contribution in [0.4, 0.5) is 17.6 Å². The van der Waals surface area contributed by atoms with Gasteiger partial charge < -0.3 is 0 Å². The zero-order chi connectivity index (χ0) is 15.0. The summed E-state index contributed by atoms with van der Waals surface area (Å²) in [6, 6.07) is 0. The summed E-state index contributed by atoms with van der Waals surface area (Å²) in [5.74, 6) is -10.9. The van der Waals surface area contributed by atoms with Crippen molar-refractivity contribution in [1.82, 2.24) is 4.90 Å². The smallest absolute Gasteiger partial charge is 0.263 e. The van der Waals surface area contributed by atoms with Gasteiger partial charge in [0.25, 0.3) is 11.8 Å².